The van der Waals surface area contributed by atoms with E-state index in [1.165, 1.54) is 25.7 Å². The van der Waals surface area contributed by atoms with Crippen LogP contribution in [0.1, 0.15) is 51.0 Å². The van der Waals surface area contributed by atoms with Crippen LogP contribution in [0.25, 0.3) is 0 Å². The number of aromatic nitrogens is 1. The second kappa shape index (κ2) is 8.18. The van der Waals surface area contributed by atoms with Gasteiger partial charge in [-0.25, -0.2) is 9.98 Å². The van der Waals surface area contributed by atoms with Gasteiger partial charge in [0, 0.05) is 25.4 Å². The van der Waals surface area contributed by atoms with E-state index in [9.17, 15) is 0 Å². The fourth-order valence-electron chi connectivity index (χ4n) is 2.87. The Morgan fingerprint density at radius 3 is 2.83 bits per heavy atom. The first-order valence-electron chi connectivity index (χ1n) is 8.97. The van der Waals surface area contributed by atoms with Gasteiger partial charge in [0.05, 0.1) is 6.54 Å². The van der Waals surface area contributed by atoms with Crippen molar-refractivity contribution in [3.63, 3.8) is 0 Å². The van der Waals surface area contributed by atoms with Crippen LogP contribution < -0.4 is 15.4 Å². The first-order valence-corrected chi connectivity index (χ1v) is 8.97. The Kier molecular flexibility index (Phi) is 5.72. The monoisotopic (exact) mass is 316 g/mol. The standard InChI is InChI=1S/C18H28N4O/c1-2-19-18(21-12-14-7-8-14)22-13-15-9-10-20-17(11-15)23-16-5-3-4-6-16/h9-11,14,16H,2-8,12-13H2,1H3,(H2,19,21,22). The number of hydrogen-bond donors (Lipinski definition) is 2. The minimum Gasteiger partial charge on any atom is -0.474 e. The molecule has 0 aliphatic heterocycles. The summed E-state index contributed by atoms with van der Waals surface area (Å²) in [4.78, 5) is 9.00. The molecule has 1 aromatic rings. The molecule has 3 rings (SSSR count). The lowest BCUT2D eigenvalue weighted by atomic mass is 10.2. The van der Waals surface area contributed by atoms with Crippen molar-refractivity contribution in [2.75, 3.05) is 13.1 Å². The summed E-state index contributed by atoms with van der Waals surface area (Å²) in [6.07, 6.45) is 9.70. The van der Waals surface area contributed by atoms with Gasteiger partial charge in [0.2, 0.25) is 5.88 Å². The number of hydrogen-bond acceptors (Lipinski definition) is 3. The fourth-order valence-corrected chi connectivity index (χ4v) is 2.87. The van der Waals surface area contributed by atoms with E-state index in [1.807, 2.05) is 18.3 Å². The van der Waals surface area contributed by atoms with Crippen molar-refractivity contribution < 1.29 is 4.74 Å². The summed E-state index contributed by atoms with van der Waals surface area (Å²) < 4.78 is 5.97. The van der Waals surface area contributed by atoms with Gasteiger partial charge in [0.1, 0.15) is 6.10 Å². The first-order chi connectivity index (χ1) is 11.3. The smallest absolute Gasteiger partial charge is 0.213 e. The Bertz CT molecular complexity index is 522. The highest BCUT2D eigenvalue weighted by molar-refractivity contribution is 5.79. The van der Waals surface area contributed by atoms with E-state index < -0.39 is 0 Å². The summed E-state index contributed by atoms with van der Waals surface area (Å²) >= 11 is 0. The molecule has 0 atom stereocenters. The lowest BCUT2D eigenvalue weighted by Crippen LogP contribution is -2.38. The largest absolute Gasteiger partial charge is 0.474 e. The molecule has 126 valence electrons. The van der Waals surface area contributed by atoms with Crippen LogP contribution in [-0.4, -0.2) is 30.1 Å². The molecular formula is C18H28N4O. The van der Waals surface area contributed by atoms with Gasteiger partial charge in [-0.2, -0.15) is 0 Å². The molecule has 0 spiro atoms. The second-order valence-corrected chi connectivity index (χ2v) is 6.55. The van der Waals surface area contributed by atoms with Gasteiger partial charge < -0.3 is 15.4 Å². The molecule has 0 amide bonds. The van der Waals surface area contributed by atoms with Gasteiger partial charge in [-0.1, -0.05) is 0 Å². The Balaban J connectivity index is 1.55. The van der Waals surface area contributed by atoms with E-state index in [4.69, 9.17) is 4.74 Å². The summed E-state index contributed by atoms with van der Waals surface area (Å²) in [5, 5.41) is 6.72. The molecule has 0 aromatic carbocycles. The van der Waals surface area contributed by atoms with Crippen molar-refractivity contribution in [2.24, 2.45) is 10.9 Å². The van der Waals surface area contributed by atoms with Crippen LogP contribution in [0.3, 0.4) is 0 Å². The van der Waals surface area contributed by atoms with Gasteiger partial charge >= 0.3 is 0 Å². The average Bonchev–Trinajstić information content (AvgIpc) is 3.26. The maximum absolute atomic E-state index is 5.97. The molecule has 0 bridgehead atoms. The zero-order chi connectivity index (χ0) is 15.9. The van der Waals surface area contributed by atoms with Crippen LogP contribution in [0.4, 0.5) is 0 Å². The van der Waals surface area contributed by atoms with Crippen LogP contribution in [0, 0.1) is 5.92 Å². The molecule has 2 aliphatic carbocycles. The molecule has 2 fully saturated rings. The maximum atomic E-state index is 5.97. The zero-order valence-corrected chi connectivity index (χ0v) is 14.1. The highest BCUT2D eigenvalue weighted by atomic mass is 16.5. The quantitative estimate of drug-likeness (QED) is 0.600. The van der Waals surface area contributed by atoms with Crippen LogP contribution >= 0.6 is 0 Å². The van der Waals surface area contributed by atoms with E-state index in [1.54, 1.807) is 0 Å². The highest BCUT2D eigenvalue weighted by Crippen LogP contribution is 2.27. The number of nitrogens with zero attached hydrogens (tertiary/aromatic N) is 2. The van der Waals surface area contributed by atoms with E-state index >= 15 is 0 Å². The Hall–Kier alpha value is -1.78. The molecule has 2 N–H and O–H groups in total. The van der Waals surface area contributed by atoms with Crippen LogP contribution in [-0.2, 0) is 6.54 Å². The number of pyridine rings is 1. The summed E-state index contributed by atoms with van der Waals surface area (Å²) in [6, 6.07) is 4.03. The Morgan fingerprint density at radius 2 is 2.09 bits per heavy atom. The lowest BCUT2D eigenvalue weighted by Gasteiger charge is -2.13. The minimum atomic E-state index is 0.346. The lowest BCUT2D eigenvalue weighted by molar-refractivity contribution is 0.201. The van der Waals surface area contributed by atoms with Crippen LogP contribution in [0.2, 0.25) is 0 Å². The molecular weight excluding hydrogens is 288 g/mol. The van der Waals surface area contributed by atoms with Crippen molar-refractivity contribution in [3.05, 3.63) is 23.9 Å². The number of guanidine groups is 1. The number of ether oxygens (including phenoxy) is 1. The van der Waals surface area contributed by atoms with Crippen molar-refractivity contribution in [3.8, 4) is 5.88 Å². The van der Waals surface area contributed by atoms with Crippen LogP contribution in [0.5, 0.6) is 5.88 Å². The fraction of sp³-hybridized carbons (Fsp3) is 0.667. The van der Waals surface area contributed by atoms with Gasteiger partial charge in [-0.15, -0.1) is 0 Å². The van der Waals surface area contributed by atoms with Gasteiger partial charge in [-0.05, 0) is 63.0 Å². The molecule has 1 aromatic heterocycles. The van der Waals surface area contributed by atoms with Crippen molar-refractivity contribution in [1.29, 1.82) is 0 Å². The predicted octanol–water partition coefficient (Wildman–Crippen LogP) is 2.87. The summed E-state index contributed by atoms with van der Waals surface area (Å²) in [5.41, 5.74) is 1.14. The van der Waals surface area contributed by atoms with Gasteiger partial charge in [0.25, 0.3) is 0 Å². The van der Waals surface area contributed by atoms with Crippen molar-refractivity contribution in [2.45, 2.75) is 58.1 Å². The average molecular weight is 316 g/mol. The van der Waals surface area contributed by atoms with E-state index in [2.05, 4.69) is 27.5 Å². The molecule has 5 heteroatoms. The summed E-state index contributed by atoms with van der Waals surface area (Å²) in [5.74, 6) is 2.47. The third-order valence-electron chi connectivity index (χ3n) is 4.41. The number of rotatable bonds is 7. The molecule has 0 saturated heterocycles. The van der Waals surface area contributed by atoms with Crippen LogP contribution in [0.15, 0.2) is 23.3 Å². The molecule has 0 radical (unpaired) electrons. The van der Waals surface area contributed by atoms with Gasteiger partial charge in [-0.3, -0.25) is 0 Å². The van der Waals surface area contributed by atoms with E-state index in [-0.39, 0.29) is 0 Å². The molecule has 5 nitrogen and oxygen atoms in total. The normalized spacial score (nSPS) is 18.9. The first kappa shape index (κ1) is 16.1. The topological polar surface area (TPSA) is 58.5 Å². The maximum Gasteiger partial charge on any atom is 0.213 e. The predicted molar refractivity (Wildman–Crippen MR) is 92.7 cm³/mol. The molecule has 1 heterocycles. The summed E-state index contributed by atoms with van der Waals surface area (Å²) in [6.45, 7) is 4.64. The van der Waals surface area contributed by atoms with E-state index in [0.717, 1.165) is 49.3 Å². The third-order valence-corrected chi connectivity index (χ3v) is 4.41. The second-order valence-electron chi connectivity index (χ2n) is 6.55. The number of nitrogens with one attached hydrogen (secondary N) is 2. The minimum absolute atomic E-state index is 0.346. The highest BCUT2D eigenvalue weighted by Gasteiger charge is 2.21. The van der Waals surface area contributed by atoms with Crippen molar-refractivity contribution >= 4 is 5.96 Å². The Morgan fingerprint density at radius 1 is 1.26 bits per heavy atom. The molecule has 0 unspecified atom stereocenters. The van der Waals surface area contributed by atoms with Crippen molar-refractivity contribution in [1.82, 2.24) is 15.6 Å². The molecule has 2 aliphatic rings. The molecule has 23 heavy (non-hydrogen) atoms. The summed E-state index contributed by atoms with van der Waals surface area (Å²) in [7, 11) is 0. The SMILES string of the molecule is CCNC(=NCc1ccnc(OC2CCCC2)c1)NCC1CC1. The zero-order valence-electron chi connectivity index (χ0n) is 14.1. The number of aliphatic imine (C=N–C) groups is 1. The van der Waals surface area contributed by atoms with Gasteiger partial charge in [0.15, 0.2) is 5.96 Å². The Labute approximate surface area is 138 Å². The third kappa shape index (κ3) is 5.41. The van der Waals surface area contributed by atoms with E-state index in [0.29, 0.717) is 12.6 Å². The molecule has 2 saturated carbocycles.